The lowest BCUT2D eigenvalue weighted by Gasteiger charge is -2.04. The molecule has 1 heterocycles. The standard InChI is InChI=1S/C19H17BrFN5O3/c1-12-3-2-4-13(9-12)5-8-18(27)23-19-17(25-29-26-19)11-22-28-24-14-6-7-16(21)15(20)10-14/h2-4,6-7,9-11,24H,5,8H2,1H3,(H,23,26,27)/b22-11+. The summed E-state index contributed by atoms with van der Waals surface area (Å²) in [7, 11) is 0. The Morgan fingerprint density at radius 2 is 2.17 bits per heavy atom. The molecule has 0 aliphatic heterocycles. The summed E-state index contributed by atoms with van der Waals surface area (Å²) in [5.41, 5.74) is 5.41. The van der Waals surface area contributed by atoms with Gasteiger partial charge >= 0.3 is 0 Å². The normalized spacial score (nSPS) is 10.9. The maximum Gasteiger partial charge on any atom is 0.226 e. The second-order valence-electron chi connectivity index (χ2n) is 6.09. The van der Waals surface area contributed by atoms with Gasteiger partial charge in [-0.1, -0.05) is 35.0 Å². The molecular weight excluding hydrogens is 445 g/mol. The molecule has 0 unspecified atom stereocenters. The molecule has 0 radical (unpaired) electrons. The van der Waals surface area contributed by atoms with E-state index >= 15 is 0 Å². The van der Waals surface area contributed by atoms with Crippen LogP contribution in [0.15, 0.2) is 56.7 Å². The zero-order chi connectivity index (χ0) is 20.6. The SMILES string of the molecule is Cc1cccc(CCC(=O)Nc2nonc2/C=N/ONc2ccc(F)c(Br)c2)c1. The van der Waals surface area contributed by atoms with Crippen LogP contribution >= 0.6 is 15.9 Å². The molecule has 10 heteroatoms. The van der Waals surface area contributed by atoms with Crippen molar-refractivity contribution in [2.24, 2.45) is 5.16 Å². The molecule has 1 aromatic heterocycles. The highest BCUT2D eigenvalue weighted by Crippen LogP contribution is 2.20. The van der Waals surface area contributed by atoms with Gasteiger partial charge in [0, 0.05) is 6.42 Å². The molecule has 150 valence electrons. The lowest BCUT2D eigenvalue weighted by atomic mass is 10.1. The highest BCUT2D eigenvalue weighted by molar-refractivity contribution is 9.10. The minimum atomic E-state index is -0.393. The first-order chi connectivity index (χ1) is 14.0. The molecule has 29 heavy (non-hydrogen) atoms. The number of amides is 1. The summed E-state index contributed by atoms with van der Waals surface area (Å²) in [5.74, 6) is -0.487. The lowest BCUT2D eigenvalue weighted by molar-refractivity contribution is -0.116. The monoisotopic (exact) mass is 461 g/mol. The van der Waals surface area contributed by atoms with Crippen molar-refractivity contribution in [2.75, 3.05) is 10.8 Å². The zero-order valence-corrected chi connectivity index (χ0v) is 16.9. The van der Waals surface area contributed by atoms with Crippen LogP contribution in [0.4, 0.5) is 15.9 Å². The maximum absolute atomic E-state index is 13.2. The van der Waals surface area contributed by atoms with Gasteiger partial charge in [0.25, 0.3) is 0 Å². The Kier molecular flexibility index (Phi) is 6.90. The fourth-order valence-corrected chi connectivity index (χ4v) is 2.78. The van der Waals surface area contributed by atoms with Gasteiger partial charge in [-0.25, -0.2) is 9.02 Å². The highest BCUT2D eigenvalue weighted by atomic mass is 79.9. The summed E-state index contributed by atoms with van der Waals surface area (Å²) >= 11 is 3.07. The van der Waals surface area contributed by atoms with E-state index in [0.717, 1.165) is 11.1 Å². The Labute approximate surface area is 174 Å². The van der Waals surface area contributed by atoms with Crippen LogP contribution in [0.5, 0.6) is 0 Å². The number of rotatable bonds is 8. The minimum absolute atomic E-state index is 0.135. The fraction of sp³-hybridized carbons (Fsp3) is 0.158. The molecule has 0 bridgehead atoms. The van der Waals surface area contributed by atoms with E-state index in [1.165, 1.54) is 24.4 Å². The van der Waals surface area contributed by atoms with Crippen molar-refractivity contribution >= 4 is 39.6 Å². The van der Waals surface area contributed by atoms with Gasteiger partial charge < -0.3 is 5.32 Å². The summed E-state index contributed by atoms with van der Waals surface area (Å²) in [4.78, 5) is 17.1. The number of halogens is 2. The van der Waals surface area contributed by atoms with Crippen LogP contribution in [-0.2, 0) is 16.2 Å². The molecule has 0 atom stereocenters. The molecule has 0 aliphatic rings. The Bertz CT molecular complexity index is 1020. The van der Waals surface area contributed by atoms with Gasteiger partial charge in [0.2, 0.25) is 11.7 Å². The van der Waals surface area contributed by atoms with E-state index in [1.807, 2.05) is 31.2 Å². The number of nitrogens with one attached hydrogen (secondary N) is 2. The highest BCUT2D eigenvalue weighted by Gasteiger charge is 2.12. The predicted molar refractivity (Wildman–Crippen MR) is 109 cm³/mol. The number of oxime groups is 1. The van der Waals surface area contributed by atoms with Gasteiger partial charge in [0.15, 0.2) is 5.69 Å². The molecule has 0 fully saturated rings. The van der Waals surface area contributed by atoms with Crippen molar-refractivity contribution in [3.63, 3.8) is 0 Å². The molecule has 0 saturated heterocycles. The van der Waals surface area contributed by atoms with Crippen molar-refractivity contribution in [1.29, 1.82) is 0 Å². The van der Waals surface area contributed by atoms with Crippen molar-refractivity contribution < 1.29 is 18.8 Å². The first-order valence-electron chi connectivity index (χ1n) is 8.59. The van der Waals surface area contributed by atoms with Gasteiger partial charge in [0.05, 0.1) is 10.2 Å². The second-order valence-corrected chi connectivity index (χ2v) is 6.95. The van der Waals surface area contributed by atoms with Crippen LogP contribution in [0.3, 0.4) is 0 Å². The smallest absolute Gasteiger partial charge is 0.226 e. The number of aromatic nitrogens is 2. The van der Waals surface area contributed by atoms with Gasteiger partial charge in [0.1, 0.15) is 12.0 Å². The number of aryl methyl sites for hydroxylation is 2. The number of benzene rings is 2. The second kappa shape index (κ2) is 9.78. The summed E-state index contributed by atoms with van der Waals surface area (Å²) in [6, 6.07) is 12.2. The van der Waals surface area contributed by atoms with Crippen LogP contribution in [0, 0.1) is 12.7 Å². The Morgan fingerprint density at radius 3 is 2.97 bits per heavy atom. The van der Waals surface area contributed by atoms with E-state index in [1.54, 1.807) is 0 Å². The summed E-state index contributed by atoms with van der Waals surface area (Å²) < 4.78 is 18.1. The van der Waals surface area contributed by atoms with E-state index < -0.39 is 5.82 Å². The Morgan fingerprint density at radius 1 is 1.31 bits per heavy atom. The average molecular weight is 462 g/mol. The van der Waals surface area contributed by atoms with Crippen molar-refractivity contribution in [2.45, 2.75) is 19.8 Å². The Hall–Kier alpha value is -3.27. The molecule has 8 nitrogen and oxygen atoms in total. The number of hydrogen-bond acceptors (Lipinski definition) is 7. The number of carbonyl (C=O) groups is 1. The van der Waals surface area contributed by atoms with Crippen LogP contribution in [0.2, 0.25) is 0 Å². The predicted octanol–water partition coefficient (Wildman–Crippen LogP) is 4.23. The molecule has 3 aromatic rings. The van der Waals surface area contributed by atoms with E-state index in [-0.39, 0.29) is 28.3 Å². The fourth-order valence-electron chi connectivity index (χ4n) is 2.40. The molecule has 0 aliphatic carbocycles. The largest absolute Gasteiger partial charge is 0.306 e. The van der Waals surface area contributed by atoms with E-state index in [2.05, 4.69) is 46.8 Å². The third-order valence-corrected chi connectivity index (χ3v) is 4.41. The van der Waals surface area contributed by atoms with Gasteiger partial charge in [-0.15, -0.1) is 0 Å². The molecule has 0 saturated carbocycles. The lowest BCUT2D eigenvalue weighted by Crippen LogP contribution is -2.14. The van der Waals surface area contributed by atoms with Crippen molar-refractivity contribution in [1.82, 2.24) is 10.3 Å². The quantitative estimate of drug-likeness (QED) is 0.384. The van der Waals surface area contributed by atoms with E-state index in [0.29, 0.717) is 12.1 Å². The first-order valence-corrected chi connectivity index (χ1v) is 9.39. The summed E-state index contributed by atoms with van der Waals surface area (Å²) in [6.07, 6.45) is 2.10. The summed E-state index contributed by atoms with van der Waals surface area (Å²) in [5, 5.41) is 13.6. The third kappa shape index (κ3) is 6.11. The topological polar surface area (TPSA) is 102 Å². The van der Waals surface area contributed by atoms with Crippen LogP contribution in [0.25, 0.3) is 0 Å². The minimum Gasteiger partial charge on any atom is -0.306 e. The van der Waals surface area contributed by atoms with Crippen LogP contribution in [-0.4, -0.2) is 22.4 Å². The number of nitrogens with zero attached hydrogens (tertiary/aromatic N) is 3. The van der Waals surface area contributed by atoms with Crippen molar-refractivity contribution in [3.05, 3.63) is 69.6 Å². The number of hydrogen-bond donors (Lipinski definition) is 2. The van der Waals surface area contributed by atoms with E-state index in [9.17, 15) is 9.18 Å². The van der Waals surface area contributed by atoms with Gasteiger partial charge in [-0.3, -0.25) is 9.73 Å². The van der Waals surface area contributed by atoms with Crippen LogP contribution < -0.4 is 10.8 Å². The van der Waals surface area contributed by atoms with E-state index in [4.69, 9.17) is 4.94 Å². The Balaban J connectivity index is 1.49. The van der Waals surface area contributed by atoms with Gasteiger partial charge in [-0.05, 0) is 63.4 Å². The van der Waals surface area contributed by atoms with Crippen LogP contribution in [0.1, 0.15) is 23.2 Å². The molecule has 3 rings (SSSR count). The maximum atomic E-state index is 13.2. The molecule has 2 N–H and O–H groups in total. The third-order valence-electron chi connectivity index (χ3n) is 3.81. The average Bonchev–Trinajstić information content (AvgIpc) is 3.13. The number of carbonyl (C=O) groups excluding carboxylic acids is 1. The number of anilines is 2. The van der Waals surface area contributed by atoms with Crippen molar-refractivity contribution in [3.8, 4) is 0 Å². The molecule has 0 spiro atoms. The summed E-state index contributed by atoms with van der Waals surface area (Å²) in [6.45, 7) is 2.00. The molecule has 1 amide bonds. The molecular formula is C19H17BrFN5O3. The molecule has 2 aromatic carbocycles. The first kappa shape index (κ1) is 20.5. The van der Waals surface area contributed by atoms with Gasteiger partial charge in [-0.2, -0.15) is 5.48 Å². The zero-order valence-electron chi connectivity index (χ0n) is 15.4.